The summed E-state index contributed by atoms with van der Waals surface area (Å²) in [5.41, 5.74) is 2.54. The van der Waals surface area contributed by atoms with Crippen molar-refractivity contribution in [2.24, 2.45) is 0 Å². The van der Waals surface area contributed by atoms with E-state index >= 15 is 0 Å². The van der Waals surface area contributed by atoms with Crippen molar-refractivity contribution in [2.45, 2.75) is 39.2 Å². The molecule has 0 aromatic carbocycles. The SMILES string of the molecule is Cc1cc(CN2CCN(c3ncnc4sc5c(c34)CCCC5)CC2)no1. The van der Waals surface area contributed by atoms with Gasteiger partial charge in [-0.1, -0.05) is 5.16 Å². The molecule has 3 aromatic heterocycles. The summed E-state index contributed by atoms with van der Waals surface area (Å²) in [6.45, 7) is 6.82. The number of piperazine rings is 1. The van der Waals surface area contributed by atoms with Gasteiger partial charge in [-0.25, -0.2) is 9.97 Å². The van der Waals surface area contributed by atoms with Crippen molar-refractivity contribution < 1.29 is 4.52 Å². The van der Waals surface area contributed by atoms with Gasteiger partial charge < -0.3 is 9.42 Å². The highest BCUT2D eigenvalue weighted by Gasteiger charge is 2.25. The zero-order valence-corrected chi connectivity index (χ0v) is 15.9. The lowest BCUT2D eigenvalue weighted by Gasteiger charge is -2.35. The monoisotopic (exact) mass is 369 g/mol. The van der Waals surface area contributed by atoms with E-state index in [1.807, 2.05) is 24.3 Å². The molecule has 1 saturated heterocycles. The molecule has 4 heterocycles. The summed E-state index contributed by atoms with van der Waals surface area (Å²) in [5.74, 6) is 2.02. The van der Waals surface area contributed by atoms with Crippen LogP contribution in [-0.4, -0.2) is 46.2 Å². The zero-order valence-electron chi connectivity index (χ0n) is 15.1. The van der Waals surface area contributed by atoms with Gasteiger partial charge in [-0.05, 0) is 38.2 Å². The first kappa shape index (κ1) is 16.2. The van der Waals surface area contributed by atoms with Gasteiger partial charge in [0.25, 0.3) is 0 Å². The van der Waals surface area contributed by atoms with Gasteiger partial charge in [-0.15, -0.1) is 11.3 Å². The molecule has 26 heavy (non-hydrogen) atoms. The Bertz CT molecular complexity index is 925. The average Bonchev–Trinajstić information content (AvgIpc) is 3.25. The summed E-state index contributed by atoms with van der Waals surface area (Å²) in [4.78, 5) is 16.8. The molecule has 1 aliphatic carbocycles. The molecule has 2 aliphatic rings. The van der Waals surface area contributed by atoms with Crippen molar-refractivity contribution in [3.05, 3.63) is 34.3 Å². The smallest absolute Gasteiger partial charge is 0.141 e. The van der Waals surface area contributed by atoms with E-state index in [2.05, 4.69) is 19.9 Å². The number of nitrogens with zero attached hydrogens (tertiary/aromatic N) is 5. The number of hydrogen-bond donors (Lipinski definition) is 0. The minimum absolute atomic E-state index is 0.859. The maximum absolute atomic E-state index is 5.19. The fourth-order valence-electron chi connectivity index (χ4n) is 4.15. The van der Waals surface area contributed by atoms with E-state index in [0.29, 0.717) is 0 Å². The largest absolute Gasteiger partial charge is 0.361 e. The summed E-state index contributed by atoms with van der Waals surface area (Å²) in [6, 6.07) is 2.03. The Kier molecular flexibility index (Phi) is 4.13. The Morgan fingerprint density at radius 2 is 1.96 bits per heavy atom. The summed E-state index contributed by atoms with van der Waals surface area (Å²) in [6.07, 6.45) is 6.73. The predicted molar refractivity (Wildman–Crippen MR) is 103 cm³/mol. The highest BCUT2D eigenvalue weighted by molar-refractivity contribution is 7.19. The van der Waals surface area contributed by atoms with Crippen molar-refractivity contribution in [1.82, 2.24) is 20.0 Å². The van der Waals surface area contributed by atoms with Crippen molar-refractivity contribution in [3.8, 4) is 0 Å². The molecule has 0 saturated carbocycles. The molecule has 0 atom stereocenters. The second-order valence-corrected chi connectivity index (χ2v) is 8.36. The third kappa shape index (κ3) is 2.89. The number of thiophene rings is 1. The predicted octanol–water partition coefficient (Wildman–Crippen LogP) is 3.19. The maximum Gasteiger partial charge on any atom is 0.141 e. The Morgan fingerprint density at radius 1 is 1.12 bits per heavy atom. The standard InChI is InChI=1S/C19H23N5OS/c1-13-10-14(22-25-13)11-23-6-8-24(9-7-23)18-17-15-4-2-3-5-16(15)26-19(17)21-12-20-18/h10,12H,2-9,11H2,1H3. The summed E-state index contributed by atoms with van der Waals surface area (Å²) >= 11 is 1.88. The van der Waals surface area contributed by atoms with Crippen molar-refractivity contribution in [2.75, 3.05) is 31.1 Å². The molecule has 3 aromatic rings. The number of rotatable bonds is 3. The molecule has 0 unspecified atom stereocenters. The van der Waals surface area contributed by atoms with Crippen molar-refractivity contribution >= 4 is 27.4 Å². The molecule has 0 spiro atoms. The first-order valence-corrected chi connectivity index (χ1v) is 10.2. The van der Waals surface area contributed by atoms with E-state index in [1.165, 1.54) is 46.3 Å². The lowest BCUT2D eigenvalue weighted by molar-refractivity contribution is 0.241. The lowest BCUT2D eigenvalue weighted by Crippen LogP contribution is -2.46. The Labute approximate surface area is 156 Å². The molecule has 1 fully saturated rings. The van der Waals surface area contributed by atoms with Gasteiger partial charge in [0, 0.05) is 43.7 Å². The highest BCUT2D eigenvalue weighted by atomic mass is 32.1. The normalized spacial score (nSPS) is 18.4. The van der Waals surface area contributed by atoms with Crippen molar-refractivity contribution in [1.29, 1.82) is 0 Å². The molecule has 0 amide bonds. The zero-order chi connectivity index (χ0) is 17.5. The van der Waals surface area contributed by atoms with Crippen LogP contribution in [0.15, 0.2) is 16.9 Å². The van der Waals surface area contributed by atoms with Crippen molar-refractivity contribution in [3.63, 3.8) is 0 Å². The molecule has 136 valence electrons. The van der Waals surface area contributed by atoms with E-state index in [0.717, 1.165) is 50.0 Å². The summed E-state index contributed by atoms with van der Waals surface area (Å²) < 4.78 is 5.19. The number of fused-ring (bicyclic) bond motifs is 3. The van der Waals surface area contributed by atoms with E-state index in [1.54, 1.807) is 6.33 Å². The van der Waals surface area contributed by atoms with Crippen LogP contribution in [-0.2, 0) is 19.4 Å². The Morgan fingerprint density at radius 3 is 2.77 bits per heavy atom. The third-order valence-electron chi connectivity index (χ3n) is 5.47. The lowest BCUT2D eigenvalue weighted by atomic mass is 9.97. The molecule has 0 radical (unpaired) electrons. The number of aryl methyl sites for hydroxylation is 3. The van der Waals surface area contributed by atoms with Gasteiger partial charge in [-0.2, -0.15) is 0 Å². The van der Waals surface area contributed by atoms with E-state index < -0.39 is 0 Å². The Hall–Kier alpha value is -1.99. The first-order valence-electron chi connectivity index (χ1n) is 9.42. The van der Waals surface area contributed by atoms with Crippen LogP contribution >= 0.6 is 11.3 Å². The van der Waals surface area contributed by atoms with Gasteiger partial charge >= 0.3 is 0 Å². The van der Waals surface area contributed by atoms with Gasteiger partial charge in [0.05, 0.1) is 11.1 Å². The number of anilines is 1. The summed E-state index contributed by atoms with van der Waals surface area (Å²) in [5, 5.41) is 5.45. The topological polar surface area (TPSA) is 58.3 Å². The first-order chi connectivity index (χ1) is 12.8. The van der Waals surface area contributed by atoms with Crippen LogP contribution in [0.1, 0.15) is 34.7 Å². The second-order valence-electron chi connectivity index (χ2n) is 7.28. The average molecular weight is 369 g/mol. The van der Waals surface area contributed by atoms with Crippen LogP contribution in [0.25, 0.3) is 10.2 Å². The van der Waals surface area contributed by atoms with Crippen LogP contribution in [0.3, 0.4) is 0 Å². The molecular weight excluding hydrogens is 346 g/mol. The summed E-state index contributed by atoms with van der Waals surface area (Å²) in [7, 11) is 0. The molecule has 0 N–H and O–H groups in total. The number of aromatic nitrogens is 3. The number of hydrogen-bond acceptors (Lipinski definition) is 7. The van der Waals surface area contributed by atoms with Gasteiger partial charge in [0.1, 0.15) is 22.7 Å². The quantitative estimate of drug-likeness (QED) is 0.707. The van der Waals surface area contributed by atoms with Crippen LogP contribution in [0, 0.1) is 6.92 Å². The van der Waals surface area contributed by atoms with E-state index in [9.17, 15) is 0 Å². The molecule has 5 rings (SSSR count). The molecule has 6 nitrogen and oxygen atoms in total. The van der Waals surface area contributed by atoms with Crippen LogP contribution in [0.2, 0.25) is 0 Å². The van der Waals surface area contributed by atoms with Gasteiger partial charge in [0.2, 0.25) is 0 Å². The minimum atomic E-state index is 0.859. The van der Waals surface area contributed by atoms with E-state index in [4.69, 9.17) is 9.51 Å². The third-order valence-corrected chi connectivity index (χ3v) is 6.67. The van der Waals surface area contributed by atoms with Crippen LogP contribution in [0.4, 0.5) is 5.82 Å². The molecular formula is C19H23N5OS. The van der Waals surface area contributed by atoms with E-state index in [-0.39, 0.29) is 0 Å². The fraction of sp³-hybridized carbons (Fsp3) is 0.526. The second kappa shape index (κ2) is 6.63. The highest BCUT2D eigenvalue weighted by Crippen LogP contribution is 2.39. The Balaban J connectivity index is 1.36. The van der Waals surface area contributed by atoms with Gasteiger partial charge in [0.15, 0.2) is 0 Å². The molecule has 1 aliphatic heterocycles. The fourth-order valence-corrected chi connectivity index (χ4v) is 5.38. The molecule has 7 heteroatoms. The van der Waals surface area contributed by atoms with Crippen LogP contribution in [0.5, 0.6) is 0 Å². The maximum atomic E-state index is 5.19. The molecule has 0 bridgehead atoms. The minimum Gasteiger partial charge on any atom is -0.361 e. The van der Waals surface area contributed by atoms with Crippen LogP contribution < -0.4 is 4.90 Å². The van der Waals surface area contributed by atoms with Gasteiger partial charge in [-0.3, -0.25) is 4.90 Å².